The smallest absolute Gasteiger partial charge is 0.255 e. The number of aryl methyl sites for hydroxylation is 2. The van der Waals surface area contributed by atoms with Crippen molar-refractivity contribution in [3.05, 3.63) is 59.2 Å². The SMILES string of the molecule is CS(=O)(=O)c1cccc(NC(=O)c2ccc3c(c2)CCCC3)c1. The molecule has 120 valence electrons. The molecule has 1 N–H and O–H groups in total. The highest BCUT2D eigenvalue weighted by atomic mass is 32.2. The van der Waals surface area contributed by atoms with Gasteiger partial charge in [-0.05, 0) is 67.1 Å². The summed E-state index contributed by atoms with van der Waals surface area (Å²) >= 11 is 0. The average molecular weight is 329 g/mol. The van der Waals surface area contributed by atoms with Crippen LogP contribution in [0.5, 0.6) is 0 Å². The number of sulfone groups is 1. The maximum atomic E-state index is 12.4. The van der Waals surface area contributed by atoms with Crippen molar-refractivity contribution in [1.29, 1.82) is 0 Å². The number of rotatable bonds is 3. The van der Waals surface area contributed by atoms with Gasteiger partial charge in [-0.3, -0.25) is 4.79 Å². The molecule has 0 aliphatic heterocycles. The van der Waals surface area contributed by atoms with Crippen molar-refractivity contribution in [2.75, 3.05) is 11.6 Å². The van der Waals surface area contributed by atoms with Gasteiger partial charge in [0.05, 0.1) is 4.90 Å². The Hall–Kier alpha value is -2.14. The van der Waals surface area contributed by atoms with E-state index in [1.54, 1.807) is 12.1 Å². The average Bonchev–Trinajstić information content (AvgIpc) is 2.54. The number of amides is 1. The summed E-state index contributed by atoms with van der Waals surface area (Å²) in [7, 11) is -3.29. The van der Waals surface area contributed by atoms with E-state index in [0.717, 1.165) is 25.5 Å². The van der Waals surface area contributed by atoms with E-state index in [1.165, 1.54) is 29.7 Å². The zero-order chi connectivity index (χ0) is 16.4. The molecule has 0 unspecified atom stereocenters. The third kappa shape index (κ3) is 3.62. The molecule has 0 heterocycles. The minimum Gasteiger partial charge on any atom is -0.322 e. The number of fused-ring (bicyclic) bond motifs is 1. The van der Waals surface area contributed by atoms with Crippen molar-refractivity contribution >= 4 is 21.4 Å². The molecule has 0 radical (unpaired) electrons. The van der Waals surface area contributed by atoms with Gasteiger partial charge in [-0.2, -0.15) is 0 Å². The molecule has 1 amide bonds. The fraction of sp³-hybridized carbons (Fsp3) is 0.278. The summed E-state index contributed by atoms with van der Waals surface area (Å²) in [5.41, 5.74) is 3.66. The third-order valence-electron chi connectivity index (χ3n) is 4.13. The maximum Gasteiger partial charge on any atom is 0.255 e. The monoisotopic (exact) mass is 329 g/mol. The van der Waals surface area contributed by atoms with Crippen molar-refractivity contribution in [2.24, 2.45) is 0 Å². The molecule has 0 saturated heterocycles. The number of nitrogens with one attached hydrogen (secondary N) is 1. The van der Waals surface area contributed by atoms with E-state index in [1.807, 2.05) is 18.2 Å². The standard InChI is InChI=1S/C18H19NO3S/c1-23(21,22)17-8-4-7-16(12-17)19-18(20)15-10-9-13-5-2-3-6-14(13)11-15/h4,7-12H,2-3,5-6H2,1H3,(H,19,20). The molecule has 2 aromatic rings. The van der Waals surface area contributed by atoms with Crippen molar-refractivity contribution < 1.29 is 13.2 Å². The number of hydrogen-bond acceptors (Lipinski definition) is 3. The van der Waals surface area contributed by atoms with E-state index < -0.39 is 9.84 Å². The number of carbonyl (C=O) groups excluding carboxylic acids is 1. The molecule has 0 spiro atoms. The molecule has 23 heavy (non-hydrogen) atoms. The van der Waals surface area contributed by atoms with E-state index >= 15 is 0 Å². The highest BCUT2D eigenvalue weighted by molar-refractivity contribution is 7.90. The highest BCUT2D eigenvalue weighted by Crippen LogP contribution is 2.23. The van der Waals surface area contributed by atoms with E-state index in [-0.39, 0.29) is 10.8 Å². The first kappa shape index (κ1) is 15.7. The lowest BCUT2D eigenvalue weighted by Crippen LogP contribution is -2.14. The lowest BCUT2D eigenvalue weighted by atomic mass is 9.90. The Morgan fingerprint density at radius 2 is 1.74 bits per heavy atom. The first-order valence-corrected chi connectivity index (χ1v) is 9.56. The molecule has 1 aliphatic rings. The third-order valence-corrected chi connectivity index (χ3v) is 5.24. The van der Waals surface area contributed by atoms with Gasteiger partial charge in [-0.15, -0.1) is 0 Å². The number of anilines is 1. The van der Waals surface area contributed by atoms with Gasteiger partial charge in [-0.25, -0.2) is 8.42 Å². The number of carbonyl (C=O) groups is 1. The van der Waals surface area contributed by atoms with E-state index in [2.05, 4.69) is 5.32 Å². The summed E-state index contributed by atoms with van der Waals surface area (Å²) in [6, 6.07) is 12.1. The predicted molar refractivity (Wildman–Crippen MR) is 90.6 cm³/mol. The van der Waals surface area contributed by atoms with Crippen molar-refractivity contribution in [3.8, 4) is 0 Å². The minimum absolute atomic E-state index is 0.195. The van der Waals surface area contributed by atoms with Gasteiger partial charge in [0, 0.05) is 17.5 Å². The first-order chi connectivity index (χ1) is 10.9. The van der Waals surface area contributed by atoms with Gasteiger partial charge in [0.2, 0.25) is 0 Å². The van der Waals surface area contributed by atoms with Gasteiger partial charge in [0.15, 0.2) is 9.84 Å². The summed E-state index contributed by atoms with van der Waals surface area (Å²) in [6.07, 6.45) is 5.61. The molecule has 0 fully saturated rings. The summed E-state index contributed by atoms with van der Waals surface area (Å²) in [5, 5.41) is 2.77. The van der Waals surface area contributed by atoms with E-state index in [4.69, 9.17) is 0 Å². The Balaban J connectivity index is 1.82. The molecule has 2 aromatic carbocycles. The van der Waals surface area contributed by atoms with Crippen LogP contribution in [0.15, 0.2) is 47.4 Å². The van der Waals surface area contributed by atoms with E-state index in [9.17, 15) is 13.2 Å². The van der Waals surface area contributed by atoms with Gasteiger partial charge in [0.1, 0.15) is 0 Å². The second kappa shape index (κ2) is 6.16. The van der Waals surface area contributed by atoms with Crippen LogP contribution < -0.4 is 5.32 Å². The first-order valence-electron chi connectivity index (χ1n) is 7.67. The molecule has 3 rings (SSSR count). The van der Waals surface area contributed by atoms with Gasteiger partial charge >= 0.3 is 0 Å². The van der Waals surface area contributed by atoms with Crippen molar-refractivity contribution in [2.45, 2.75) is 30.6 Å². The van der Waals surface area contributed by atoms with Gasteiger partial charge in [-0.1, -0.05) is 12.1 Å². The van der Waals surface area contributed by atoms with Crippen LogP contribution in [0.3, 0.4) is 0 Å². The van der Waals surface area contributed by atoms with Crippen LogP contribution in [0.2, 0.25) is 0 Å². The molecule has 1 aliphatic carbocycles. The van der Waals surface area contributed by atoms with Crippen LogP contribution in [0.1, 0.15) is 34.3 Å². The lowest BCUT2D eigenvalue weighted by molar-refractivity contribution is 0.102. The van der Waals surface area contributed by atoms with E-state index in [0.29, 0.717) is 11.3 Å². The molecular formula is C18H19NO3S. The molecule has 5 heteroatoms. The summed E-state index contributed by atoms with van der Waals surface area (Å²) in [6.45, 7) is 0. The number of benzene rings is 2. The molecular weight excluding hydrogens is 310 g/mol. The van der Waals surface area contributed by atoms with Crippen LogP contribution in [0, 0.1) is 0 Å². The Bertz CT molecular complexity index is 856. The molecule has 0 atom stereocenters. The molecule has 0 saturated carbocycles. The normalized spacial score (nSPS) is 14.1. The quantitative estimate of drug-likeness (QED) is 0.940. The lowest BCUT2D eigenvalue weighted by Gasteiger charge is -2.16. The second-order valence-electron chi connectivity index (χ2n) is 5.94. The summed E-state index contributed by atoms with van der Waals surface area (Å²) in [5.74, 6) is -0.218. The Morgan fingerprint density at radius 3 is 2.48 bits per heavy atom. The fourth-order valence-electron chi connectivity index (χ4n) is 2.88. The molecule has 4 nitrogen and oxygen atoms in total. The van der Waals surface area contributed by atoms with Crippen molar-refractivity contribution in [1.82, 2.24) is 0 Å². The maximum absolute atomic E-state index is 12.4. The van der Waals surface area contributed by atoms with Crippen LogP contribution in [-0.4, -0.2) is 20.6 Å². The number of hydrogen-bond donors (Lipinski definition) is 1. The van der Waals surface area contributed by atoms with Crippen LogP contribution in [0.4, 0.5) is 5.69 Å². The zero-order valence-electron chi connectivity index (χ0n) is 13.0. The summed E-state index contributed by atoms with van der Waals surface area (Å²) < 4.78 is 23.2. The predicted octanol–water partition coefficient (Wildman–Crippen LogP) is 3.22. The van der Waals surface area contributed by atoms with Crippen LogP contribution >= 0.6 is 0 Å². The van der Waals surface area contributed by atoms with Crippen LogP contribution in [-0.2, 0) is 22.7 Å². The second-order valence-corrected chi connectivity index (χ2v) is 7.96. The Labute approximate surface area is 136 Å². The van der Waals surface area contributed by atoms with Gasteiger partial charge in [0.25, 0.3) is 5.91 Å². The highest BCUT2D eigenvalue weighted by Gasteiger charge is 2.14. The minimum atomic E-state index is -3.29. The summed E-state index contributed by atoms with van der Waals surface area (Å²) in [4.78, 5) is 12.6. The topological polar surface area (TPSA) is 63.2 Å². The van der Waals surface area contributed by atoms with Gasteiger partial charge < -0.3 is 5.32 Å². The Morgan fingerprint density at radius 1 is 1.00 bits per heavy atom. The largest absolute Gasteiger partial charge is 0.322 e. The van der Waals surface area contributed by atoms with Crippen molar-refractivity contribution in [3.63, 3.8) is 0 Å². The zero-order valence-corrected chi connectivity index (χ0v) is 13.8. The van der Waals surface area contributed by atoms with Crippen LogP contribution in [0.25, 0.3) is 0 Å². The fourth-order valence-corrected chi connectivity index (χ4v) is 3.55. The Kier molecular flexibility index (Phi) is 4.22. The molecule has 0 aromatic heterocycles. The molecule has 0 bridgehead atoms.